The van der Waals surface area contributed by atoms with E-state index in [-0.39, 0.29) is 10.6 Å². The molecule has 1 fully saturated rings. The van der Waals surface area contributed by atoms with Gasteiger partial charge >= 0.3 is 0 Å². The molecule has 8 heteroatoms. The quantitative estimate of drug-likeness (QED) is 0.888. The third kappa shape index (κ3) is 3.96. The number of anilines is 1. The van der Waals surface area contributed by atoms with Gasteiger partial charge in [0.25, 0.3) is 5.91 Å². The number of amides is 1. The lowest BCUT2D eigenvalue weighted by molar-refractivity contribution is 0.101. The fraction of sp³-hybridized carbons (Fsp3) is 0.389. The van der Waals surface area contributed by atoms with Crippen LogP contribution in [0.15, 0.2) is 41.4 Å². The lowest BCUT2D eigenvalue weighted by atomic mass is 10.2. The van der Waals surface area contributed by atoms with Gasteiger partial charge in [0.2, 0.25) is 10.0 Å². The van der Waals surface area contributed by atoms with Crippen LogP contribution in [0.3, 0.4) is 0 Å². The van der Waals surface area contributed by atoms with E-state index in [4.69, 9.17) is 0 Å². The Morgan fingerprint density at radius 1 is 1.08 bits per heavy atom. The summed E-state index contributed by atoms with van der Waals surface area (Å²) < 4.78 is 41.7. The molecule has 0 atom stereocenters. The van der Waals surface area contributed by atoms with Crippen molar-refractivity contribution in [2.45, 2.75) is 30.6 Å². The number of sulfonamides is 1. The predicted molar refractivity (Wildman–Crippen MR) is 97.0 cm³/mol. The molecule has 1 aromatic heterocycles. The maximum absolute atomic E-state index is 13.0. The molecular weight excluding hydrogens is 357 g/mol. The molecule has 0 bridgehead atoms. The van der Waals surface area contributed by atoms with Gasteiger partial charge in [0.1, 0.15) is 16.4 Å². The number of aryl methyl sites for hydroxylation is 1. The molecular formula is C18H22FN3O3S. The Morgan fingerprint density at radius 2 is 1.69 bits per heavy atom. The molecule has 1 aromatic carbocycles. The van der Waals surface area contributed by atoms with Crippen molar-refractivity contribution in [3.63, 3.8) is 0 Å². The minimum atomic E-state index is -3.62. The summed E-state index contributed by atoms with van der Waals surface area (Å²) in [5, 5.41) is 2.65. The molecule has 1 N–H and O–H groups in total. The summed E-state index contributed by atoms with van der Waals surface area (Å²) >= 11 is 0. The van der Waals surface area contributed by atoms with Gasteiger partial charge in [-0.15, -0.1) is 0 Å². The van der Waals surface area contributed by atoms with Crippen LogP contribution in [0.2, 0.25) is 0 Å². The normalized spacial score (nSPS) is 16.2. The van der Waals surface area contributed by atoms with E-state index in [9.17, 15) is 17.6 Å². The van der Waals surface area contributed by atoms with Crippen molar-refractivity contribution in [3.8, 4) is 0 Å². The predicted octanol–water partition coefficient (Wildman–Crippen LogP) is 2.98. The van der Waals surface area contributed by atoms with Gasteiger partial charge in [0.15, 0.2) is 0 Å². The SMILES string of the molecule is Cn1cc(S(=O)(=O)N2CCCCCC2)cc1C(=O)Nc1ccc(F)cc1. The summed E-state index contributed by atoms with van der Waals surface area (Å²) in [6, 6.07) is 6.78. The highest BCUT2D eigenvalue weighted by atomic mass is 32.2. The van der Waals surface area contributed by atoms with Crippen molar-refractivity contribution in [2.24, 2.45) is 7.05 Å². The number of rotatable bonds is 4. The van der Waals surface area contributed by atoms with Gasteiger partial charge in [-0.25, -0.2) is 12.8 Å². The summed E-state index contributed by atoms with van der Waals surface area (Å²) in [6.07, 6.45) is 5.23. The molecule has 0 radical (unpaired) electrons. The van der Waals surface area contributed by atoms with Crippen LogP contribution in [0.5, 0.6) is 0 Å². The van der Waals surface area contributed by atoms with Gasteiger partial charge in [0, 0.05) is 32.0 Å². The smallest absolute Gasteiger partial charge is 0.272 e. The van der Waals surface area contributed by atoms with Crippen LogP contribution in [0.4, 0.5) is 10.1 Å². The molecule has 0 spiro atoms. The van der Waals surface area contributed by atoms with Gasteiger partial charge in [-0.05, 0) is 43.2 Å². The number of carbonyl (C=O) groups is 1. The summed E-state index contributed by atoms with van der Waals surface area (Å²) in [6.45, 7) is 1.02. The van der Waals surface area contributed by atoms with E-state index < -0.39 is 21.7 Å². The van der Waals surface area contributed by atoms with Crippen LogP contribution >= 0.6 is 0 Å². The average Bonchev–Trinajstić information content (AvgIpc) is 2.82. The highest BCUT2D eigenvalue weighted by Crippen LogP contribution is 2.22. The number of nitrogens with one attached hydrogen (secondary N) is 1. The molecule has 0 saturated carbocycles. The Balaban J connectivity index is 1.81. The monoisotopic (exact) mass is 379 g/mol. The second-order valence-electron chi connectivity index (χ2n) is 6.45. The first kappa shape index (κ1) is 18.6. The first-order valence-corrected chi connectivity index (χ1v) is 10.1. The van der Waals surface area contributed by atoms with Crippen molar-refractivity contribution in [1.29, 1.82) is 0 Å². The van der Waals surface area contributed by atoms with Crippen molar-refractivity contribution in [2.75, 3.05) is 18.4 Å². The van der Waals surface area contributed by atoms with Crippen molar-refractivity contribution in [1.82, 2.24) is 8.87 Å². The number of carbonyl (C=O) groups excluding carboxylic acids is 1. The molecule has 0 unspecified atom stereocenters. The Morgan fingerprint density at radius 3 is 2.31 bits per heavy atom. The third-order valence-electron chi connectivity index (χ3n) is 4.52. The van der Waals surface area contributed by atoms with Crippen molar-refractivity contribution >= 4 is 21.6 Å². The topological polar surface area (TPSA) is 71.4 Å². The third-order valence-corrected chi connectivity index (χ3v) is 6.38. The van der Waals surface area contributed by atoms with E-state index in [1.807, 2.05) is 0 Å². The maximum Gasteiger partial charge on any atom is 0.272 e. The molecule has 1 saturated heterocycles. The molecule has 140 valence electrons. The van der Waals surface area contributed by atoms with Crippen LogP contribution in [0.25, 0.3) is 0 Å². The molecule has 1 aliphatic heterocycles. The van der Waals surface area contributed by atoms with E-state index >= 15 is 0 Å². The minimum absolute atomic E-state index is 0.117. The molecule has 1 amide bonds. The summed E-state index contributed by atoms with van der Waals surface area (Å²) in [7, 11) is -1.99. The highest BCUT2D eigenvalue weighted by Gasteiger charge is 2.27. The molecule has 3 rings (SSSR count). The van der Waals surface area contributed by atoms with Crippen LogP contribution in [0.1, 0.15) is 36.2 Å². The zero-order chi connectivity index (χ0) is 18.7. The van der Waals surface area contributed by atoms with E-state index in [0.717, 1.165) is 25.7 Å². The standard InChI is InChI=1S/C18H22FN3O3S/c1-21-13-16(26(24,25)22-10-4-2-3-5-11-22)12-17(21)18(23)20-15-8-6-14(19)7-9-15/h6-9,12-13H,2-5,10-11H2,1H3,(H,20,23). The number of nitrogens with zero attached hydrogens (tertiary/aromatic N) is 2. The average molecular weight is 379 g/mol. The molecule has 6 nitrogen and oxygen atoms in total. The summed E-state index contributed by atoms with van der Waals surface area (Å²) in [4.78, 5) is 12.6. The molecule has 1 aliphatic rings. The Labute approximate surface area is 152 Å². The highest BCUT2D eigenvalue weighted by molar-refractivity contribution is 7.89. The van der Waals surface area contributed by atoms with Crippen molar-refractivity contribution in [3.05, 3.63) is 48.0 Å². The Bertz CT molecular complexity index is 883. The van der Waals surface area contributed by atoms with Crippen molar-refractivity contribution < 1.29 is 17.6 Å². The minimum Gasteiger partial charge on any atom is -0.345 e. The second kappa shape index (κ2) is 7.59. The Kier molecular flexibility index (Phi) is 5.43. The maximum atomic E-state index is 13.0. The van der Waals surface area contributed by atoms with Gasteiger partial charge < -0.3 is 9.88 Å². The zero-order valence-corrected chi connectivity index (χ0v) is 15.4. The first-order valence-electron chi connectivity index (χ1n) is 8.61. The second-order valence-corrected chi connectivity index (χ2v) is 8.39. The van der Waals surface area contributed by atoms with Gasteiger partial charge in [-0.3, -0.25) is 4.79 Å². The van der Waals surface area contributed by atoms with Crippen LogP contribution in [-0.4, -0.2) is 36.3 Å². The van der Waals surface area contributed by atoms with E-state index in [1.165, 1.54) is 45.4 Å². The first-order chi connectivity index (χ1) is 12.4. The Hall–Kier alpha value is -2.19. The van der Waals surface area contributed by atoms with E-state index in [2.05, 4.69) is 5.32 Å². The number of benzene rings is 1. The van der Waals surface area contributed by atoms with Gasteiger partial charge in [0.05, 0.1) is 0 Å². The zero-order valence-electron chi connectivity index (χ0n) is 14.6. The lowest BCUT2D eigenvalue weighted by Gasteiger charge is -2.18. The molecule has 2 aromatic rings. The van der Waals surface area contributed by atoms with E-state index in [1.54, 1.807) is 7.05 Å². The fourth-order valence-electron chi connectivity index (χ4n) is 3.06. The summed E-state index contributed by atoms with van der Waals surface area (Å²) in [5.41, 5.74) is 0.664. The summed E-state index contributed by atoms with van der Waals surface area (Å²) in [5.74, 6) is -0.843. The number of halogens is 1. The van der Waals surface area contributed by atoms with Gasteiger partial charge in [-0.2, -0.15) is 4.31 Å². The number of hydrogen-bond donors (Lipinski definition) is 1. The van der Waals surface area contributed by atoms with Crippen LogP contribution in [-0.2, 0) is 17.1 Å². The molecule has 26 heavy (non-hydrogen) atoms. The van der Waals surface area contributed by atoms with Crippen LogP contribution < -0.4 is 5.32 Å². The fourth-order valence-corrected chi connectivity index (χ4v) is 4.65. The molecule has 2 heterocycles. The number of aromatic nitrogens is 1. The largest absolute Gasteiger partial charge is 0.345 e. The van der Waals surface area contributed by atoms with E-state index in [0.29, 0.717) is 18.8 Å². The van der Waals surface area contributed by atoms with Crippen LogP contribution in [0, 0.1) is 5.82 Å². The lowest BCUT2D eigenvalue weighted by Crippen LogP contribution is -2.31. The van der Waals surface area contributed by atoms with Gasteiger partial charge in [-0.1, -0.05) is 12.8 Å². The number of hydrogen-bond acceptors (Lipinski definition) is 3. The molecule has 0 aliphatic carbocycles.